The first-order chi connectivity index (χ1) is 24.5. The van der Waals surface area contributed by atoms with Crippen LogP contribution in [0.2, 0.25) is 15.1 Å². The molecule has 1 heterocycles. The number of nitrogens with one attached hydrogen (secondary N) is 1. The first-order valence-electron chi connectivity index (χ1n) is 16.1. The number of imide groups is 1. The smallest absolute Gasteiger partial charge is 0.261 e. The average molecular weight is 753 g/mol. The number of rotatable bonds is 15. The second kappa shape index (κ2) is 17.1. The second-order valence-corrected chi connectivity index (χ2v) is 13.1. The topological polar surface area (TPSA) is 125 Å². The maximum atomic E-state index is 13.9. The highest BCUT2D eigenvalue weighted by molar-refractivity contribution is 6.36. The zero-order valence-corrected chi connectivity index (χ0v) is 30.2. The Labute approximate surface area is 310 Å². The van der Waals surface area contributed by atoms with Gasteiger partial charge in [0.15, 0.2) is 11.5 Å². The van der Waals surface area contributed by atoms with E-state index >= 15 is 0 Å². The number of methoxy groups -OCH3 is 2. The summed E-state index contributed by atoms with van der Waals surface area (Å²) in [5.74, 6) is -1.40. The number of hydrogen-bond acceptors (Lipinski definition) is 7. The largest absolute Gasteiger partial charge is 0.493 e. The highest BCUT2D eigenvalue weighted by Crippen LogP contribution is 2.37. The number of ether oxygens (including phenoxy) is 2. The molecule has 0 bridgehead atoms. The first kappa shape index (κ1) is 37.6. The van der Waals surface area contributed by atoms with Gasteiger partial charge in [-0.25, -0.2) is 0 Å². The van der Waals surface area contributed by atoms with Crippen molar-refractivity contribution in [1.82, 2.24) is 15.1 Å². The summed E-state index contributed by atoms with van der Waals surface area (Å²) in [4.78, 5) is 56.0. The first-order valence-corrected chi connectivity index (χ1v) is 17.3. The predicted octanol–water partition coefficient (Wildman–Crippen LogP) is 6.12. The van der Waals surface area contributed by atoms with Gasteiger partial charge in [0.1, 0.15) is 0 Å². The average Bonchev–Trinajstić information content (AvgIpc) is 3.37. The fourth-order valence-electron chi connectivity index (χ4n) is 5.92. The lowest BCUT2D eigenvalue weighted by molar-refractivity contribution is -0.133. The van der Waals surface area contributed by atoms with Gasteiger partial charge in [0.05, 0.1) is 48.1 Å². The third kappa shape index (κ3) is 8.83. The van der Waals surface area contributed by atoms with Gasteiger partial charge in [-0.15, -0.1) is 0 Å². The molecule has 2 unspecified atom stereocenters. The molecule has 0 aromatic heterocycles. The molecule has 4 aromatic rings. The van der Waals surface area contributed by atoms with Crippen molar-refractivity contribution in [1.29, 1.82) is 0 Å². The molecule has 0 saturated heterocycles. The summed E-state index contributed by atoms with van der Waals surface area (Å²) < 4.78 is 10.7. The van der Waals surface area contributed by atoms with E-state index in [-0.39, 0.29) is 59.9 Å². The minimum absolute atomic E-state index is 0.0344. The van der Waals surface area contributed by atoms with Gasteiger partial charge in [-0.05, 0) is 60.4 Å². The number of amides is 4. The molecule has 2 atom stereocenters. The third-order valence-corrected chi connectivity index (χ3v) is 9.63. The summed E-state index contributed by atoms with van der Waals surface area (Å²) in [6.07, 6.45) is -0.919. The maximum absolute atomic E-state index is 13.9. The molecule has 0 saturated carbocycles. The van der Waals surface area contributed by atoms with Gasteiger partial charge in [-0.2, -0.15) is 0 Å². The summed E-state index contributed by atoms with van der Waals surface area (Å²) in [6, 6.07) is 23.0. The van der Waals surface area contributed by atoms with Crippen molar-refractivity contribution in [3.8, 4) is 11.5 Å². The van der Waals surface area contributed by atoms with Gasteiger partial charge < -0.3 is 24.8 Å². The number of carbonyl (C=O) groups is 4. The van der Waals surface area contributed by atoms with Crippen LogP contribution in [0.3, 0.4) is 0 Å². The molecule has 1 aliphatic heterocycles. The molecule has 266 valence electrons. The summed E-state index contributed by atoms with van der Waals surface area (Å²) in [5, 5.41) is 15.6. The van der Waals surface area contributed by atoms with Crippen LogP contribution in [0.25, 0.3) is 0 Å². The Bertz CT molecular complexity index is 1890. The minimum atomic E-state index is -1.27. The number of hydrogen-bond donors (Lipinski definition) is 2. The van der Waals surface area contributed by atoms with Crippen molar-refractivity contribution in [3.63, 3.8) is 0 Å². The van der Waals surface area contributed by atoms with E-state index in [2.05, 4.69) is 5.32 Å². The van der Waals surface area contributed by atoms with E-state index in [1.165, 1.54) is 25.2 Å². The Kier molecular flexibility index (Phi) is 12.6. The molecule has 2 N–H and O–H groups in total. The van der Waals surface area contributed by atoms with Crippen LogP contribution in [0.1, 0.15) is 48.6 Å². The Morgan fingerprint density at radius 1 is 0.882 bits per heavy atom. The SMILES string of the molecule is COc1ccc(C(=O)NC(Cc2ccccc2)C(O)CN(CCc2ccc(Cl)cc2Cl)C(=O)CCN2C(=O)c3ccccc3C2=O)c(Cl)c1OC. The highest BCUT2D eigenvalue weighted by Gasteiger charge is 2.36. The van der Waals surface area contributed by atoms with Crippen molar-refractivity contribution in [3.05, 3.63) is 128 Å². The van der Waals surface area contributed by atoms with E-state index in [0.29, 0.717) is 22.2 Å². The van der Waals surface area contributed by atoms with Crippen LogP contribution in [0.5, 0.6) is 11.5 Å². The Morgan fingerprint density at radius 2 is 1.55 bits per heavy atom. The normalized spacial score (nSPS) is 13.4. The molecule has 4 amide bonds. The molecule has 4 aromatic carbocycles. The summed E-state index contributed by atoms with van der Waals surface area (Å²) in [6.45, 7) is -0.210. The number of carbonyl (C=O) groups excluding carboxylic acids is 4. The standard InChI is InChI=1S/C38H36Cl3N3O7/c1-50-32-15-14-28(34(41)35(32)51-2)36(47)42-30(20-23-8-4-3-5-9-23)31(45)22-43(18-16-24-12-13-25(39)21-29(24)40)33(46)17-19-44-37(48)26-10-6-7-11-27(26)38(44)49/h3-15,21,30-31,45H,16-20,22H2,1-2H3,(H,42,47). The van der Waals surface area contributed by atoms with Crippen LogP contribution >= 0.6 is 34.8 Å². The minimum Gasteiger partial charge on any atom is -0.493 e. The van der Waals surface area contributed by atoms with Crippen molar-refractivity contribution in [2.75, 3.05) is 33.9 Å². The Hall–Kier alpha value is -4.61. The monoisotopic (exact) mass is 751 g/mol. The van der Waals surface area contributed by atoms with Gasteiger partial charge in [0, 0.05) is 36.1 Å². The number of halogens is 3. The molecule has 0 radical (unpaired) electrons. The molecule has 5 rings (SSSR count). The lowest BCUT2D eigenvalue weighted by Crippen LogP contribution is -2.51. The van der Waals surface area contributed by atoms with Gasteiger partial charge in [-0.3, -0.25) is 24.1 Å². The summed E-state index contributed by atoms with van der Waals surface area (Å²) in [5.41, 5.74) is 2.23. The lowest BCUT2D eigenvalue weighted by atomic mass is 9.99. The second-order valence-electron chi connectivity index (χ2n) is 11.9. The molecule has 0 fully saturated rings. The van der Waals surface area contributed by atoms with Gasteiger partial charge >= 0.3 is 0 Å². The summed E-state index contributed by atoms with van der Waals surface area (Å²) in [7, 11) is 2.86. The molecular weight excluding hydrogens is 717 g/mol. The number of benzene rings is 4. The zero-order chi connectivity index (χ0) is 36.7. The predicted molar refractivity (Wildman–Crippen MR) is 195 cm³/mol. The van der Waals surface area contributed by atoms with Crippen molar-refractivity contribution in [2.45, 2.75) is 31.4 Å². The molecule has 10 nitrogen and oxygen atoms in total. The number of aliphatic hydroxyl groups excluding tert-OH is 1. The molecule has 1 aliphatic rings. The van der Waals surface area contributed by atoms with Gasteiger partial charge in [-0.1, -0.05) is 83.3 Å². The van der Waals surface area contributed by atoms with E-state index in [9.17, 15) is 24.3 Å². The molecule has 0 aliphatic carbocycles. The van der Waals surface area contributed by atoms with Crippen LogP contribution in [-0.4, -0.2) is 84.5 Å². The molecular formula is C38H36Cl3N3O7. The van der Waals surface area contributed by atoms with E-state index in [4.69, 9.17) is 44.3 Å². The zero-order valence-electron chi connectivity index (χ0n) is 27.9. The van der Waals surface area contributed by atoms with E-state index in [0.717, 1.165) is 16.0 Å². The van der Waals surface area contributed by atoms with Gasteiger partial charge in [0.2, 0.25) is 5.91 Å². The van der Waals surface area contributed by atoms with Gasteiger partial charge in [0.25, 0.3) is 17.7 Å². The van der Waals surface area contributed by atoms with E-state index < -0.39 is 35.8 Å². The fraction of sp³-hybridized carbons (Fsp3) is 0.263. The lowest BCUT2D eigenvalue weighted by Gasteiger charge is -2.31. The molecule has 0 spiro atoms. The van der Waals surface area contributed by atoms with E-state index in [1.807, 2.05) is 30.3 Å². The number of aliphatic hydroxyl groups is 1. The number of nitrogens with zero attached hydrogens (tertiary/aromatic N) is 2. The fourth-order valence-corrected chi connectivity index (χ4v) is 6.74. The highest BCUT2D eigenvalue weighted by atomic mass is 35.5. The van der Waals surface area contributed by atoms with Crippen LogP contribution in [-0.2, 0) is 17.6 Å². The number of fused-ring (bicyclic) bond motifs is 1. The maximum Gasteiger partial charge on any atom is 0.261 e. The Balaban J connectivity index is 1.38. The molecule has 13 heteroatoms. The van der Waals surface area contributed by atoms with Crippen LogP contribution < -0.4 is 14.8 Å². The Morgan fingerprint density at radius 3 is 2.18 bits per heavy atom. The third-order valence-electron chi connectivity index (χ3n) is 8.66. The van der Waals surface area contributed by atoms with Crippen molar-refractivity contribution in [2.24, 2.45) is 0 Å². The summed E-state index contributed by atoms with van der Waals surface area (Å²) >= 11 is 19.1. The van der Waals surface area contributed by atoms with E-state index in [1.54, 1.807) is 48.5 Å². The molecule has 51 heavy (non-hydrogen) atoms. The van der Waals surface area contributed by atoms with Crippen molar-refractivity contribution < 1.29 is 33.8 Å². The van der Waals surface area contributed by atoms with Crippen molar-refractivity contribution >= 4 is 58.4 Å². The quantitative estimate of drug-likeness (QED) is 0.140. The van der Waals surface area contributed by atoms with Crippen LogP contribution in [0.4, 0.5) is 0 Å². The van der Waals surface area contributed by atoms with Crippen LogP contribution in [0, 0.1) is 0 Å². The van der Waals surface area contributed by atoms with Crippen LogP contribution in [0.15, 0.2) is 84.9 Å².